The van der Waals surface area contributed by atoms with Crippen LogP contribution in [-0.2, 0) is 37.6 Å². The first-order chi connectivity index (χ1) is 35.2. The van der Waals surface area contributed by atoms with E-state index in [9.17, 15) is 0 Å². The number of hydrogen-bond acceptors (Lipinski definition) is 2. The van der Waals surface area contributed by atoms with Crippen molar-refractivity contribution in [3.63, 3.8) is 0 Å². The molecular weight excluding hydrogens is 1060 g/mol. The van der Waals surface area contributed by atoms with Crippen molar-refractivity contribution in [1.82, 2.24) is 18.7 Å². The molecule has 0 atom stereocenters. The number of rotatable bonds is 8. The zero-order chi connectivity index (χ0) is 48.7. The SMILES string of the molecule is Cc1cc(-n2c3ccccc3c3ccc(Oc4cccc(-n5[c](=[Pt])n(-c6c(-c7ccccc7)c7c8c(c6-c6ccccc6)CCCC8CCC7)c6ccccc65)c4)cc32)ncc1-c1ccc(C(C)(C)C)cc1. The number of imidazole rings is 1. The Hall–Kier alpha value is -7.33. The second-order valence-electron chi connectivity index (χ2n) is 20.9. The Morgan fingerprint density at radius 2 is 1.14 bits per heavy atom. The van der Waals surface area contributed by atoms with Gasteiger partial charge in [0.05, 0.1) is 0 Å². The molecule has 0 bridgehead atoms. The summed E-state index contributed by atoms with van der Waals surface area (Å²) in [6, 6.07) is 66.2. The Morgan fingerprint density at radius 1 is 0.542 bits per heavy atom. The molecule has 8 aromatic carbocycles. The fraction of sp³-hybridized carbons (Fsp3) is 0.182. The fourth-order valence-electron chi connectivity index (χ4n) is 12.2. The van der Waals surface area contributed by atoms with Crippen molar-refractivity contribution in [3.05, 3.63) is 220 Å². The summed E-state index contributed by atoms with van der Waals surface area (Å²) >= 11 is 2.59. The van der Waals surface area contributed by atoms with Crippen LogP contribution in [0, 0.1) is 10.7 Å². The van der Waals surface area contributed by atoms with Gasteiger partial charge in [0.25, 0.3) is 0 Å². The van der Waals surface area contributed by atoms with Gasteiger partial charge in [0.1, 0.15) is 0 Å². The molecule has 72 heavy (non-hydrogen) atoms. The van der Waals surface area contributed by atoms with E-state index < -0.39 is 0 Å². The first kappa shape index (κ1) is 44.6. The summed E-state index contributed by atoms with van der Waals surface area (Å²) < 4.78 is 15.3. The topological polar surface area (TPSA) is 36.9 Å². The molecule has 356 valence electrons. The molecule has 0 spiro atoms. The number of aryl methyl sites for hydroxylation is 1. The van der Waals surface area contributed by atoms with Crippen molar-refractivity contribution in [3.8, 4) is 62.1 Å². The van der Waals surface area contributed by atoms with Crippen LogP contribution in [-0.4, -0.2) is 18.7 Å². The average Bonchev–Trinajstić information content (AvgIpc) is 3.90. The summed E-state index contributed by atoms with van der Waals surface area (Å²) in [7, 11) is 0. The van der Waals surface area contributed by atoms with Crippen LogP contribution in [0.2, 0.25) is 0 Å². The minimum atomic E-state index is 0.0975. The maximum atomic E-state index is 6.92. The first-order valence-electron chi connectivity index (χ1n) is 25.6. The standard InChI is InChI=1S/C66H56N4O.Pt/c1-43-38-61(67-41-56(43)44-32-34-48(35-33-44)66(2,3)4)70-57-29-12-11-26-52(57)53-37-36-51(40-60(53)70)71-50-25-17-24-49(39-50)68-42-69(59-31-14-13-30-58(59)68)65-63(46-18-7-5-8-19-46)54-27-15-22-45-23-16-28-55(62(45)54)64(65)47-20-9-6-10-21-47;/h5-14,17-21,24-26,29-41,45H,15-16,22-23,27-28H2,1-4H3;. The molecule has 0 amide bonds. The van der Waals surface area contributed by atoms with Gasteiger partial charge in [-0.05, 0) is 29.0 Å². The summed E-state index contributed by atoms with van der Waals surface area (Å²) in [6.45, 7) is 8.95. The summed E-state index contributed by atoms with van der Waals surface area (Å²) in [6.07, 6.45) is 9.24. The van der Waals surface area contributed by atoms with Gasteiger partial charge in [0, 0.05) is 11.8 Å². The molecule has 3 heterocycles. The van der Waals surface area contributed by atoms with Gasteiger partial charge >= 0.3 is 337 Å². The van der Waals surface area contributed by atoms with Crippen molar-refractivity contribution in [2.75, 3.05) is 0 Å². The third kappa shape index (κ3) is 7.47. The van der Waals surface area contributed by atoms with Crippen molar-refractivity contribution < 1.29 is 24.1 Å². The molecule has 5 nitrogen and oxygen atoms in total. The van der Waals surface area contributed by atoms with Gasteiger partial charge in [-0.3, -0.25) is 0 Å². The minimum absolute atomic E-state index is 0.0975. The van der Waals surface area contributed by atoms with Gasteiger partial charge in [0.2, 0.25) is 0 Å². The molecule has 0 aliphatic heterocycles. The number of pyridine rings is 1. The minimum Gasteiger partial charge on any atom is -0.0579 e. The van der Waals surface area contributed by atoms with Crippen molar-refractivity contribution in [1.29, 1.82) is 0 Å². The second-order valence-corrected chi connectivity index (χ2v) is 21.9. The summed E-state index contributed by atoms with van der Waals surface area (Å²) in [5.74, 6) is 3.03. The summed E-state index contributed by atoms with van der Waals surface area (Å²) in [5, 5.41) is 2.33. The monoisotopic (exact) mass is 1120 g/mol. The average molecular weight is 1120 g/mol. The van der Waals surface area contributed by atoms with Crippen LogP contribution in [0.15, 0.2) is 188 Å². The number of fused-ring (bicyclic) bond motifs is 4. The van der Waals surface area contributed by atoms with Crippen molar-refractivity contribution in [2.45, 2.75) is 77.6 Å². The van der Waals surface area contributed by atoms with E-state index in [0.717, 1.165) is 67.2 Å². The normalized spacial score (nSPS) is 13.8. The quantitative estimate of drug-likeness (QED) is 0.152. The molecule has 13 rings (SSSR count). The molecule has 3 aromatic heterocycles. The number of para-hydroxylation sites is 3. The first-order valence-corrected chi connectivity index (χ1v) is 26.7. The molecule has 0 unspecified atom stereocenters. The number of aromatic nitrogens is 4. The van der Waals surface area contributed by atoms with E-state index in [1.807, 2.05) is 6.20 Å². The molecule has 0 radical (unpaired) electrons. The van der Waals surface area contributed by atoms with Crippen molar-refractivity contribution in [2.24, 2.45) is 0 Å². The summed E-state index contributed by atoms with van der Waals surface area (Å²) in [5.41, 5.74) is 21.8. The van der Waals surface area contributed by atoms with E-state index >= 15 is 0 Å². The Labute approximate surface area is 432 Å². The van der Waals surface area contributed by atoms with Crippen LogP contribution >= 0.6 is 0 Å². The van der Waals surface area contributed by atoms with Gasteiger partial charge < -0.3 is 0 Å². The van der Waals surface area contributed by atoms with Crippen molar-refractivity contribution >= 4 is 32.8 Å². The van der Waals surface area contributed by atoms with Gasteiger partial charge in [-0.15, -0.1) is 0 Å². The number of hydrogen-bond donors (Lipinski definition) is 0. The van der Waals surface area contributed by atoms with Gasteiger partial charge in [-0.25, -0.2) is 0 Å². The predicted molar refractivity (Wildman–Crippen MR) is 293 cm³/mol. The van der Waals surface area contributed by atoms with Gasteiger partial charge in [0.15, 0.2) is 0 Å². The molecule has 0 saturated heterocycles. The predicted octanol–water partition coefficient (Wildman–Crippen LogP) is 17.1. The Bertz CT molecular complexity index is 3890. The van der Waals surface area contributed by atoms with Crippen LogP contribution in [0.3, 0.4) is 0 Å². The molecule has 2 aliphatic rings. The number of benzene rings is 8. The number of nitrogens with zero attached hydrogens (tertiary/aromatic N) is 4. The Morgan fingerprint density at radius 3 is 1.79 bits per heavy atom. The number of ether oxygens (including phenoxy) is 1. The van der Waals surface area contributed by atoms with Crippen LogP contribution in [0.25, 0.3) is 83.4 Å². The maximum absolute atomic E-state index is 6.92. The van der Waals surface area contributed by atoms with E-state index in [2.05, 4.69) is 243 Å². The molecule has 2 aliphatic carbocycles. The molecule has 0 fully saturated rings. The van der Waals surface area contributed by atoms with Crippen LogP contribution in [0.4, 0.5) is 0 Å². The smallest absolute Gasteiger partial charge is 0.0579 e. The molecular formula is C66H56N4OPt. The van der Waals surface area contributed by atoms with Crippen LogP contribution in [0.1, 0.15) is 80.2 Å². The van der Waals surface area contributed by atoms with E-state index in [1.165, 1.54) is 81.2 Å². The van der Waals surface area contributed by atoms with E-state index in [-0.39, 0.29) is 5.41 Å². The molecule has 0 N–H and O–H groups in total. The Kier molecular flexibility index (Phi) is 11.0. The Balaban J connectivity index is 0.934. The van der Waals surface area contributed by atoms with Crippen LogP contribution in [0.5, 0.6) is 11.5 Å². The van der Waals surface area contributed by atoms with Gasteiger partial charge in [-0.2, -0.15) is 0 Å². The van der Waals surface area contributed by atoms with E-state index in [1.54, 1.807) is 16.7 Å². The third-order valence-corrected chi connectivity index (χ3v) is 16.5. The molecule has 11 aromatic rings. The summed E-state index contributed by atoms with van der Waals surface area (Å²) in [4.78, 5) is 5.14. The van der Waals surface area contributed by atoms with Crippen LogP contribution < -0.4 is 4.74 Å². The molecule has 6 heteroatoms. The molecule has 0 saturated carbocycles. The third-order valence-electron chi connectivity index (χ3n) is 15.5. The second kappa shape index (κ2) is 17.8. The van der Waals surface area contributed by atoms with Gasteiger partial charge in [-0.1, -0.05) is 57.2 Å². The van der Waals surface area contributed by atoms with E-state index in [4.69, 9.17) is 9.72 Å². The van der Waals surface area contributed by atoms with E-state index in [0.29, 0.717) is 5.92 Å². The fourth-order valence-corrected chi connectivity index (χ4v) is 13.3. The zero-order valence-electron chi connectivity index (χ0n) is 41.2. The zero-order valence-corrected chi connectivity index (χ0v) is 43.5.